The van der Waals surface area contributed by atoms with Crippen LogP contribution in [0.2, 0.25) is 0 Å². The predicted molar refractivity (Wildman–Crippen MR) is 82.2 cm³/mol. The van der Waals surface area contributed by atoms with Crippen molar-refractivity contribution >= 4 is 17.6 Å². The van der Waals surface area contributed by atoms with E-state index in [-0.39, 0.29) is 24.0 Å². The molecule has 1 aromatic rings. The maximum atomic E-state index is 12.2. The van der Waals surface area contributed by atoms with Crippen molar-refractivity contribution in [3.63, 3.8) is 0 Å². The topological polar surface area (TPSA) is 75.1 Å². The minimum Gasteiger partial charge on any atom is -0.444 e. The number of anilines is 1. The van der Waals surface area contributed by atoms with Crippen LogP contribution in [0.15, 0.2) is 23.5 Å². The van der Waals surface area contributed by atoms with E-state index in [1.807, 2.05) is 31.7 Å². The average Bonchev–Trinajstić information content (AvgIpc) is 3.05. The number of nitroso groups, excluding NO2 is 1. The molecule has 7 nitrogen and oxygen atoms in total. The molecule has 2 aliphatic rings. The Morgan fingerprint density at radius 1 is 1.32 bits per heavy atom. The molecule has 2 aliphatic heterocycles. The second-order valence-electron chi connectivity index (χ2n) is 6.79. The average molecular weight is 304 g/mol. The first-order chi connectivity index (χ1) is 10.4. The van der Waals surface area contributed by atoms with E-state index in [9.17, 15) is 9.70 Å². The van der Waals surface area contributed by atoms with Crippen LogP contribution in [0, 0.1) is 4.91 Å². The van der Waals surface area contributed by atoms with Gasteiger partial charge in [0.25, 0.3) is 0 Å². The van der Waals surface area contributed by atoms with E-state index >= 15 is 0 Å². The molecule has 2 unspecified atom stereocenters. The molecular formula is C15H20N4O3. The predicted octanol–water partition coefficient (Wildman–Crippen LogP) is 2.68. The summed E-state index contributed by atoms with van der Waals surface area (Å²) in [6, 6.07) is 3.90. The van der Waals surface area contributed by atoms with Crippen LogP contribution in [0.1, 0.15) is 27.2 Å². The van der Waals surface area contributed by atoms with E-state index in [0.29, 0.717) is 6.54 Å². The van der Waals surface area contributed by atoms with Crippen molar-refractivity contribution < 1.29 is 9.53 Å². The summed E-state index contributed by atoms with van der Waals surface area (Å²) >= 11 is 0. The summed E-state index contributed by atoms with van der Waals surface area (Å²) in [6.07, 6.45) is 2.36. The van der Waals surface area contributed by atoms with Gasteiger partial charge in [0.2, 0.25) is 0 Å². The Kier molecular flexibility index (Phi) is 3.50. The highest BCUT2D eigenvalue weighted by atomic mass is 16.6. The maximum absolute atomic E-state index is 12.2. The van der Waals surface area contributed by atoms with E-state index in [2.05, 4.69) is 15.1 Å². The van der Waals surface area contributed by atoms with Gasteiger partial charge in [0.1, 0.15) is 5.60 Å². The smallest absolute Gasteiger partial charge is 0.410 e. The molecule has 22 heavy (non-hydrogen) atoms. The molecule has 2 fully saturated rings. The summed E-state index contributed by atoms with van der Waals surface area (Å²) < 4.78 is 5.45. The Hall–Kier alpha value is -2.18. The Balaban J connectivity index is 1.66. The third-order valence-electron chi connectivity index (χ3n) is 4.03. The van der Waals surface area contributed by atoms with Gasteiger partial charge >= 0.3 is 6.09 Å². The molecule has 2 atom stereocenters. The Labute approximate surface area is 129 Å². The van der Waals surface area contributed by atoms with E-state index in [4.69, 9.17) is 4.74 Å². The normalized spacial score (nSPS) is 23.8. The Morgan fingerprint density at radius 2 is 2.09 bits per heavy atom. The summed E-state index contributed by atoms with van der Waals surface area (Å²) in [5, 5.41) is 2.81. The van der Waals surface area contributed by atoms with Gasteiger partial charge in [0.05, 0.1) is 17.9 Å². The molecule has 3 rings (SSSR count). The van der Waals surface area contributed by atoms with Crippen molar-refractivity contribution in [1.29, 1.82) is 0 Å². The van der Waals surface area contributed by atoms with Gasteiger partial charge in [-0.05, 0) is 44.5 Å². The largest absolute Gasteiger partial charge is 0.444 e. The van der Waals surface area contributed by atoms with E-state index in [1.54, 1.807) is 12.3 Å². The molecule has 2 bridgehead atoms. The first-order valence-corrected chi connectivity index (χ1v) is 7.43. The van der Waals surface area contributed by atoms with Gasteiger partial charge in [0.15, 0.2) is 5.82 Å². The van der Waals surface area contributed by atoms with Gasteiger partial charge in [-0.25, -0.2) is 9.78 Å². The number of carbonyl (C=O) groups is 1. The molecule has 1 amide bonds. The lowest BCUT2D eigenvalue weighted by Crippen LogP contribution is -2.50. The first kappa shape index (κ1) is 14.7. The maximum Gasteiger partial charge on any atom is 0.410 e. The van der Waals surface area contributed by atoms with Crippen LogP contribution in [-0.2, 0) is 4.74 Å². The van der Waals surface area contributed by atoms with Crippen LogP contribution in [0.3, 0.4) is 0 Å². The van der Waals surface area contributed by atoms with Gasteiger partial charge in [-0.3, -0.25) is 0 Å². The summed E-state index contributed by atoms with van der Waals surface area (Å²) in [5.41, 5.74) is 0.490. The SMILES string of the molecule is CC(C)(C)OC(=O)N1CC2CC1CN2c1ccc(N=O)nc1. The van der Waals surface area contributed by atoms with Crippen molar-refractivity contribution in [1.82, 2.24) is 9.88 Å². The van der Waals surface area contributed by atoms with E-state index in [0.717, 1.165) is 18.7 Å². The number of hydrogen-bond acceptors (Lipinski definition) is 6. The zero-order valence-electron chi connectivity index (χ0n) is 13.0. The third-order valence-corrected chi connectivity index (χ3v) is 4.03. The van der Waals surface area contributed by atoms with Gasteiger partial charge in [-0.15, -0.1) is 4.91 Å². The number of hydrogen-bond donors (Lipinski definition) is 0. The number of rotatable bonds is 2. The zero-order valence-corrected chi connectivity index (χ0v) is 13.0. The molecular weight excluding hydrogens is 284 g/mol. The third kappa shape index (κ3) is 2.75. The van der Waals surface area contributed by atoms with Gasteiger partial charge in [-0.1, -0.05) is 0 Å². The number of ether oxygens (including phenoxy) is 1. The number of amides is 1. The van der Waals surface area contributed by atoms with Crippen LogP contribution in [-0.4, -0.2) is 46.8 Å². The number of carbonyl (C=O) groups excluding carboxylic acids is 1. The van der Waals surface area contributed by atoms with Crippen molar-refractivity contribution in [3.05, 3.63) is 23.2 Å². The molecule has 3 heterocycles. The van der Waals surface area contributed by atoms with E-state index in [1.165, 1.54) is 0 Å². The molecule has 0 N–H and O–H groups in total. The number of piperazine rings is 1. The molecule has 7 heteroatoms. The monoisotopic (exact) mass is 304 g/mol. The number of fused-ring (bicyclic) bond motifs is 2. The zero-order chi connectivity index (χ0) is 15.9. The highest BCUT2D eigenvalue weighted by Crippen LogP contribution is 2.35. The van der Waals surface area contributed by atoms with Gasteiger partial charge in [0, 0.05) is 19.1 Å². The highest BCUT2D eigenvalue weighted by Gasteiger charge is 2.46. The standard InChI is InChI=1S/C15H20N4O3/c1-15(2,3)22-14(20)19-9-11-6-12(19)8-18(11)10-4-5-13(17-21)16-7-10/h4-5,7,11-12H,6,8-9H2,1-3H3. The molecule has 0 aliphatic carbocycles. The number of aromatic nitrogens is 1. The number of nitrogens with zero attached hydrogens (tertiary/aromatic N) is 4. The summed E-state index contributed by atoms with van der Waals surface area (Å²) in [6.45, 7) is 7.05. The van der Waals surface area contributed by atoms with Crippen LogP contribution >= 0.6 is 0 Å². The second-order valence-corrected chi connectivity index (χ2v) is 6.79. The van der Waals surface area contributed by atoms with Crippen molar-refractivity contribution in [2.75, 3.05) is 18.0 Å². The molecule has 0 saturated carbocycles. The van der Waals surface area contributed by atoms with Crippen LogP contribution in [0.5, 0.6) is 0 Å². The fraction of sp³-hybridized carbons (Fsp3) is 0.600. The summed E-state index contributed by atoms with van der Waals surface area (Å²) in [5.74, 6) is 0.184. The molecule has 0 aromatic carbocycles. The quantitative estimate of drug-likeness (QED) is 0.785. The van der Waals surface area contributed by atoms with Gasteiger partial charge in [-0.2, -0.15) is 0 Å². The second kappa shape index (κ2) is 5.23. The lowest BCUT2D eigenvalue weighted by Gasteiger charge is -2.36. The van der Waals surface area contributed by atoms with Gasteiger partial charge < -0.3 is 14.5 Å². The number of likely N-dealkylation sites (tertiary alicyclic amines) is 1. The fourth-order valence-electron chi connectivity index (χ4n) is 3.13. The van der Waals surface area contributed by atoms with Crippen molar-refractivity contribution in [2.45, 2.75) is 44.9 Å². The van der Waals surface area contributed by atoms with Crippen molar-refractivity contribution in [3.8, 4) is 0 Å². The summed E-state index contributed by atoms with van der Waals surface area (Å²) in [4.78, 5) is 30.7. The van der Waals surface area contributed by atoms with Crippen LogP contribution in [0.25, 0.3) is 0 Å². The van der Waals surface area contributed by atoms with Crippen LogP contribution in [0.4, 0.5) is 16.3 Å². The highest BCUT2D eigenvalue weighted by molar-refractivity contribution is 5.70. The molecule has 118 valence electrons. The minimum atomic E-state index is -0.472. The molecule has 0 radical (unpaired) electrons. The van der Waals surface area contributed by atoms with Crippen molar-refractivity contribution in [2.24, 2.45) is 5.18 Å². The van der Waals surface area contributed by atoms with Crippen LogP contribution < -0.4 is 4.90 Å². The van der Waals surface area contributed by atoms with E-state index < -0.39 is 5.60 Å². The molecule has 0 spiro atoms. The Morgan fingerprint density at radius 3 is 2.59 bits per heavy atom. The Bertz CT molecular complexity index is 581. The minimum absolute atomic E-state index is 0.170. The molecule has 1 aromatic heterocycles. The summed E-state index contributed by atoms with van der Waals surface area (Å²) in [7, 11) is 0. The molecule has 2 saturated heterocycles. The first-order valence-electron chi connectivity index (χ1n) is 7.43. The number of pyridine rings is 1. The fourth-order valence-corrected chi connectivity index (χ4v) is 3.13. The lowest BCUT2D eigenvalue weighted by molar-refractivity contribution is 0.0215. The lowest BCUT2D eigenvalue weighted by atomic mass is 10.2.